The molecule has 1 nitrogen and oxygen atoms in total. The molecule has 9 aromatic rings. The van der Waals surface area contributed by atoms with Gasteiger partial charge < -0.3 is 4.42 Å². The first-order valence-corrected chi connectivity index (χ1v) is 13.4. The van der Waals surface area contributed by atoms with Gasteiger partial charge >= 0.3 is 0 Å². The van der Waals surface area contributed by atoms with Crippen LogP contribution in [0.5, 0.6) is 0 Å². The van der Waals surface area contributed by atoms with E-state index >= 15 is 0 Å². The van der Waals surface area contributed by atoms with Gasteiger partial charge in [0.2, 0.25) is 0 Å². The van der Waals surface area contributed by atoms with Gasteiger partial charge in [0, 0.05) is 16.3 Å². The standard InChI is InChI=1S/C38H22O/c1-2-10-28-23(6-1)7-4-11-30(28)32-12-5-13-33-34-22-27(18-21-35(34)39-38(32)33)29-19-16-26-15-14-24-8-3-9-25-17-20-31(29)37(26)36(24)25/h1-22H. The van der Waals surface area contributed by atoms with Crippen molar-refractivity contribution in [1.82, 2.24) is 0 Å². The molecule has 0 aliphatic heterocycles. The van der Waals surface area contributed by atoms with E-state index in [0.29, 0.717) is 0 Å². The molecule has 0 bridgehead atoms. The Morgan fingerprint density at radius 3 is 1.95 bits per heavy atom. The Kier molecular flexibility index (Phi) is 4.11. The van der Waals surface area contributed by atoms with Crippen molar-refractivity contribution in [3.63, 3.8) is 0 Å². The zero-order valence-electron chi connectivity index (χ0n) is 21.1. The third-order valence-electron chi connectivity index (χ3n) is 8.42. The average Bonchev–Trinajstić information content (AvgIpc) is 3.38. The van der Waals surface area contributed by atoms with Crippen LogP contribution in [-0.4, -0.2) is 0 Å². The van der Waals surface area contributed by atoms with Gasteiger partial charge in [0.1, 0.15) is 11.2 Å². The maximum atomic E-state index is 6.56. The number of rotatable bonds is 2. The van der Waals surface area contributed by atoms with Crippen LogP contribution in [0.15, 0.2) is 138 Å². The molecule has 0 radical (unpaired) electrons. The molecule has 1 aromatic heterocycles. The van der Waals surface area contributed by atoms with E-state index in [9.17, 15) is 0 Å². The van der Waals surface area contributed by atoms with Crippen molar-refractivity contribution >= 4 is 65.0 Å². The first-order chi connectivity index (χ1) is 19.3. The molecule has 0 fully saturated rings. The summed E-state index contributed by atoms with van der Waals surface area (Å²) >= 11 is 0. The normalized spacial score (nSPS) is 12.1. The summed E-state index contributed by atoms with van der Waals surface area (Å²) in [6, 6.07) is 48.3. The van der Waals surface area contributed by atoms with Crippen LogP contribution >= 0.6 is 0 Å². The van der Waals surface area contributed by atoms with E-state index in [4.69, 9.17) is 4.42 Å². The molecule has 8 aromatic carbocycles. The maximum absolute atomic E-state index is 6.56. The van der Waals surface area contributed by atoms with E-state index in [2.05, 4.69) is 133 Å². The first kappa shape index (κ1) is 20.9. The molecule has 0 aliphatic rings. The molecular weight excluding hydrogens is 472 g/mol. The molecule has 0 atom stereocenters. The van der Waals surface area contributed by atoms with Crippen molar-refractivity contribution < 1.29 is 4.42 Å². The minimum Gasteiger partial charge on any atom is -0.455 e. The summed E-state index contributed by atoms with van der Waals surface area (Å²) in [7, 11) is 0. The number of hydrogen-bond donors (Lipinski definition) is 0. The largest absolute Gasteiger partial charge is 0.455 e. The summed E-state index contributed by atoms with van der Waals surface area (Å²) in [4.78, 5) is 0. The van der Waals surface area contributed by atoms with Crippen LogP contribution in [0.4, 0.5) is 0 Å². The monoisotopic (exact) mass is 494 g/mol. The van der Waals surface area contributed by atoms with E-state index < -0.39 is 0 Å². The molecular formula is C38H22O. The molecule has 0 aliphatic carbocycles. The van der Waals surface area contributed by atoms with E-state index in [-0.39, 0.29) is 0 Å². The highest BCUT2D eigenvalue weighted by atomic mass is 16.3. The van der Waals surface area contributed by atoms with Gasteiger partial charge in [0.05, 0.1) is 0 Å². The van der Waals surface area contributed by atoms with E-state index in [1.807, 2.05) is 0 Å². The molecule has 180 valence electrons. The third-order valence-corrected chi connectivity index (χ3v) is 8.42. The highest BCUT2D eigenvalue weighted by molar-refractivity contribution is 6.25. The lowest BCUT2D eigenvalue weighted by molar-refractivity contribution is 0.670. The predicted octanol–water partition coefficient (Wildman–Crippen LogP) is 11.0. The summed E-state index contributed by atoms with van der Waals surface area (Å²) in [5.74, 6) is 0. The van der Waals surface area contributed by atoms with Crippen LogP contribution in [0.1, 0.15) is 0 Å². The number of furan rings is 1. The van der Waals surface area contributed by atoms with Crippen LogP contribution < -0.4 is 0 Å². The van der Waals surface area contributed by atoms with Crippen LogP contribution in [0.3, 0.4) is 0 Å². The van der Waals surface area contributed by atoms with Crippen LogP contribution in [0, 0.1) is 0 Å². The molecule has 0 saturated carbocycles. The fraction of sp³-hybridized carbons (Fsp3) is 0. The summed E-state index contributed by atoms with van der Waals surface area (Å²) in [5.41, 5.74) is 6.64. The van der Waals surface area contributed by atoms with Crippen molar-refractivity contribution in [3.05, 3.63) is 133 Å². The molecule has 0 unspecified atom stereocenters. The van der Waals surface area contributed by atoms with Crippen molar-refractivity contribution in [2.24, 2.45) is 0 Å². The maximum Gasteiger partial charge on any atom is 0.143 e. The van der Waals surface area contributed by atoms with Crippen molar-refractivity contribution in [2.45, 2.75) is 0 Å². The van der Waals surface area contributed by atoms with Gasteiger partial charge in [-0.15, -0.1) is 0 Å². The highest BCUT2D eigenvalue weighted by Gasteiger charge is 2.16. The van der Waals surface area contributed by atoms with Crippen molar-refractivity contribution in [2.75, 3.05) is 0 Å². The van der Waals surface area contributed by atoms with Crippen molar-refractivity contribution in [3.8, 4) is 22.3 Å². The second-order valence-electron chi connectivity index (χ2n) is 10.5. The van der Waals surface area contributed by atoms with Crippen LogP contribution in [-0.2, 0) is 0 Å². The van der Waals surface area contributed by atoms with Crippen molar-refractivity contribution in [1.29, 1.82) is 0 Å². The Bertz CT molecular complexity index is 2370. The molecule has 1 heterocycles. The van der Waals surface area contributed by atoms with Crippen LogP contribution in [0.25, 0.3) is 87.3 Å². The van der Waals surface area contributed by atoms with E-state index in [1.165, 1.54) is 59.8 Å². The molecule has 0 saturated heterocycles. The molecule has 1 heteroatoms. The highest BCUT2D eigenvalue weighted by Crippen LogP contribution is 2.42. The molecule has 0 N–H and O–H groups in total. The minimum atomic E-state index is 0.916. The quantitative estimate of drug-likeness (QED) is 0.218. The third kappa shape index (κ3) is 2.90. The zero-order valence-corrected chi connectivity index (χ0v) is 21.1. The topological polar surface area (TPSA) is 13.1 Å². The summed E-state index contributed by atoms with van der Waals surface area (Å²) in [6.45, 7) is 0. The second-order valence-corrected chi connectivity index (χ2v) is 10.5. The Balaban J connectivity index is 1.30. The Labute approximate surface area is 224 Å². The smallest absolute Gasteiger partial charge is 0.143 e. The van der Waals surface area contributed by atoms with Gasteiger partial charge in [-0.2, -0.15) is 0 Å². The lowest BCUT2D eigenvalue weighted by atomic mass is 9.89. The number of hydrogen-bond acceptors (Lipinski definition) is 1. The lowest BCUT2D eigenvalue weighted by Gasteiger charge is -2.14. The summed E-state index contributed by atoms with van der Waals surface area (Å²) < 4.78 is 6.56. The van der Waals surface area contributed by atoms with E-state index in [1.54, 1.807) is 0 Å². The van der Waals surface area contributed by atoms with Gasteiger partial charge in [-0.25, -0.2) is 0 Å². The average molecular weight is 495 g/mol. The lowest BCUT2D eigenvalue weighted by Crippen LogP contribution is -1.87. The van der Waals surface area contributed by atoms with E-state index in [0.717, 1.165) is 27.5 Å². The Morgan fingerprint density at radius 1 is 0.359 bits per heavy atom. The fourth-order valence-electron chi connectivity index (χ4n) is 6.63. The molecule has 0 spiro atoms. The van der Waals surface area contributed by atoms with Gasteiger partial charge in [0.25, 0.3) is 0 Å². The van der Waals surface area contributed by atoms with Gasteiger partial charge in [-0.1, -0.05) is 121 Å². The number of para-hydroxylation sites is 1. The van der Waals surface area contributed by atoms with Crippen LogP contribution in [0.2, 0.25) is 0 Å². The SMILES string of the molecule is c1ccc2c(-c3cccc4c3oc3ccc(-c5ccc6ccc7cccc8ccc5c6c78)cc34)cccc2c1. The first-order valence-electron chi connectivity index (χ1n) is 13.4. The fourth-order valence-corrected chi connectivity index (χ4v) is 6.63. The summed E-state index contributed by atoms with van der Waals surface area (Å²) in [5, 5.41) is 12.6. The number of benzene rings is 8. The second kappa shape index (κ2) is 7.69. The number of fused-ring (bicyclic) bond motifs is 4. The van der Waals surface area contributed by atoms with Gasteiger partial charge in [-0.05, 0) is 71.9 Å². The van der Waals surface area contributed by atoms with Gasteiger partial charge in [-0.3, -0.25) is 0 Å². The molecule has 0 amide bonds. The Hall–Kier alpha value is -5.14. The zero-order chi connectivity index (χ0) is 25.5. The Morgan fingerprint density at radius 2 is 1.03 bits per heavy atom. The predicted molar refractivity (Wildman–Crippen MR) is 166 cm³/mol. The molecule has 9 rings (SSSR count). The molecule has 39 heavy (non-hydrogen) atoms. The summed E-state index contributed by atoms with van der Waals surface area (Å²) in [6.07, 6.45) is 0. The van der Waals surface area contributed by atoms with Gasteiger partial charge in [0.15, 0.2) is 0 Å². The minimum absolute atomic E-state index is 0.916.